The van der Waals surface area contributed by atoms with E-state index in [1.54, 1.807) is 31.3 Å². The van der Waals surface area contributed by atoms with Crippen molar-refractivity contribution >= 4 is 23.6 Å². The van der Waals surface area contributed by atoms with Crippen LogP contribution >= 0.6 is 0 Å². The minimum absolute atomic E-state index is 0.0274. The third kappa shape index (κ3) is 4.04. The van der Waals surface area contributed by atoms with E-state index in [0.29, 0.717) is 30.8 Å². The molecule has 1 aromatic carbocycles. The van der Waals surface area contributed by atoms with Gasteiger partial charge in [0.25, 0.3) is 5.91 Å². The molecule has 0 aromatic heterocycles. The molecule has 0 aliphatic carbocycles. The number of benzene rings is 1. The zero-order valence-electron chi connectivity index (χ0n) is 14.2. The molecule has 7 heteroatoms. The third-order valence-corrected chi connectivity index (χ3v) is 4.11. The average Bonchev–Trinajstić information content (AvgIpc) is 3.02. The van der Waals surface area contributed by atoms with Crippen LogP contribution in [0.1, 0.15) is 30.6 Å². The minimum atomic E-state index is -0.970. The fraction of sp³-hybridized carbons (Fsp3) is 0.471. The second kappa shape index (κ2) is 7.33. The molecule has 1 saturated heterocycles. The highest BCUT2D eigenvalue weighted by Gasteiger charge is 2.27. The summed E-state index contributed by atoms with van der Waals surface area (Å²) in [6.45, 7) is 4.37. The lowest BCUT2D eigenvalue weighted by Crippen LogP contribution is -2.38. The van der Waals surface area contributed by atoms with Crippen LogP contribution in [0, 0.1) is 5.92 Å². The van der Waals surface area contributed by atoms with E-state index < -0.39 is 6.09 Å². The normalized spacial score (nSPS) is 17.0. The standard InChI is InChI=1S/C17H23N3O4/c1-11(2)16(22)19(3)14-6-4-5-12(9-14)15(21)18-13-7-8-20(10-13)17(23)24/h4-6,9,11,13H,7-8,10H2,1-3H3,(H,18,21)(H,23,24)/t13-/m1/s1. The molecule has 0 bridgehead atoms. The monoisotopic (exact) mass is 333 g/mol. The Kier molecular flexibility index (Phi) is 5.43. The molecule has 1 aromatic rings. The maximum atomic E-state index is 12.4. The highest BCUT2D eigenvalue weighted by atomic mass is 16.4. The van der Waals surface area contributed by atoms with Crippen molar-refractivity contribution in [1.82, 2.24) is 10.2 Å². The Hall–Kier alpha value is -2.57. The summed E-state index contributed by atoms with van der Waals surface area (Å²) in [7, 11) is 1.68. The smallest absolute Gasteiger partial charge is 0.407 e. The average molecular weight is 333 g/mol. The first-order valence-electron chi connectivity index (χ1n) is 7.96. The van der Waals surface area contributed by atoms with E-state index in [9.17, 15) is 14.4 Å². The number of hydrogen-bond donors (Lipinski definition) is 2. The number of anilines is 1. The molecular formula is C17H23N3O4. The van der Waals surface area contributed by atoms with Crippen LogP contribution in [0.5, 0.6) is 0 Å². The van der Waals surface area contributed by atoms with E-state index in [0.717, 1.165) is 0 Å². The largest absolute Gasteiger partial charge is 0.465 e. The molecule has 0 unspecified atom stereocenters. The van der Waals surface area contributed by atoms with Gasteiger partial charge in [-0.1, -0.05) is 19.9 Å². The van der Waals surface area contributed by atoms with Crippen LogP contribution in [0.25, 0.3) is 0 Å². The van der Waals surface area contributed by atoms with Crippen LogP contribution in [0.4, 0.5) is 10.5 Å². The van der Waals surface area contributed by atoms with Crippen LogP contribution < -0.4 is 10.2 Å². The number of carbonyl (C=O) groups is 3. The van der Waals surface area contributed by atoms with E-state index in [1.807, 2.05) is 13.8 Å². The fourth-order valence-corrected chi connectivity index (χ4v) is 2.69. The Morgan fingerprint density at radius 2 is 2.04 bits per heavy atom. The summed E-state index contributed by atoms with van der Waals surface area (Å²) in [6, 6.07) is 6.66. The van der Waals surface area contributed by atoms with Gasteiger partial charge in [0.15, 0.2) is 0 Å². The van der Waals surface area contributed by atoms with Crippen molar-refractivity contribution in [3.8, 4) is 0 Å². The number of nitrogens with zero attached hydrogens (tertiary/aromatic N) is 2. The highest BCUT2D eigenvalue weighted by Crippen LogP contribution is 2.18. The Morgan fingerprint density at radius 1 is 1.33 bits per heavy atom. The van der Waals surface area contributed by atoms with Crippen molar-refractivity contribution in [2.75, 3.05) is 25.0 Å². The van der Waals surface area contributed by atoms with E-state index in [-0.39, 0.29) is 23.8 Å². The molecule has 3 amide bonds. The molecule has 0 spiro atoms. The number of likely N-dealkylation sites (tertiary alicyclic amines) is 1. The van der Waals surface area contributed by atoms with Crippen molar-refractivity contribution in [3.63, 3.8) is 0 Å². The zero-order valence-corrected chi connectivity index (χ0v) is 14.2. The van der Waals surface area contributed by atoms with Crippen molar-refractivity contribution in [2.24, 2.45) is 5.92 Å². The van der Waals surface area contributed by atoms with Gasteiger partial charge in [0.2, 0.25) is 5.91 Å². The molecule has 1 aliphatic heterocycles. The van der Waals surface area contributed by atoms with Gasteiger partial charge in [-0.25, -0.2) is 4.79 Å². The van der Waals surface area contributed by atoms with Gasteiger partial charge in [-0.05, 0) is 24.6 Å². The molecule has 2 rings (SSSR count). The maximum absolute atomic E-state index is 12.4. The van der Waals surface area contributed by atoms with Crippen LogP contribution in [-0.4, -0.2) is 54.1 Å². The van der Waals surface area contributed by atoms with E-state index >= 15 is 0 Å². The van der Waals surface area contributed by atoms with Crippen molar-refractivity contribution < 1.29 is 19.5 Å². The van der Waals surface area contributed by atoms with Gasteiger partial charge in [0.1, 0.15) is 0 Å². The fourth-order valence-electron chi connectivity index (χ4n) is 2.69. The zero-order chi connectivity index (χ0) is 17.9. The second-order valence-corrected chi connectivity index (χ2v) is 6.29. The molecular weight excluding hydrogens is 310 g/mol. The van der Waals surface area contributed by atoms with Crippen LogP contribution in [0.15, 0.2) is 24.3 Å². The van der Waals surface area contributed by atoms with Gasteiger partial charge in [-0.2, -0.15) is 0 Å². The number of carboxylic acid groups (broad SMARTS) is 1. The van der Waals surface area contributed by atoms with Gasteiger partial charge in [0, 0.05) is 43.3 Å². The Bertz CT molecular complexity index is 644. The number of hydrogen-bond acceptors (Lipinski definition) is 3. The van der Waals surface area contributed by atoms with E-state index in [2.05, 4.69) is 5.32 Å². The predicted octanol–water partition coefficient (Wildman–Crippen LogP) is 1.79. The van der Waals surface area contributed by atoms with Gasteiger partial charge in [0.05, 0.1) is 0 Å². The topological polar surface area (TPSA) is 90.0 Å². The van der Waals surface area contributed by atoms with E-state index in [4.69, 9.17) is 5.11 Å². The first kappa shape index (κ1) is 17.8. The first-order chi connectivity index (χ1) is 11.3. The minimum Gasteiger partial charge on any atom is -0.465 e. The molecule has 7 nitrogen and oxygen atoms in total. The van der Waals surface area contributed by atoms with Gasteiger partial charge in [-0.15, -0.1) is 0 Å². The lowest BCUT2D eigenvalue weighted by atomic mass is 10.1. The van der Waals surface area contributed by atoms with Crippen molar-refractivity contribution in [3.05, 3.63) is 29.8 Å². The van der Waals surface area contributed by atoms with Gasteiger partial charge >= 0.3 is 6.09 Å². The molecule has 0 saturated carbocycles. The van der Waals surface area contributed by atoms with E-state index in [1.165, 1.54) is 9.80 Å². The summed E-state index contributed by atoms with van der Waals surface area (Å²) in [5.41, 5.74) is 1.10. The van der Waals surface area contributed by atoms with Crippen LogP contribution in [0.2, 0.25) is 0 Å². The Balaban J connectivity index is 2.04. The van der Waals surface area contributed by atoms with Crippen LogP contribution in [0.3, 0.4) is 0 Å². The number of nitrogens with one attached hydrogen (secondary N) is 1. The molecule has 130 valence electrons. The Labute approximate surface area is 141 Å². The van der Waals surface area contributed by atoms with Gasteiger partial charge < -0.3 is 20.2 Å². The Morgan fingerprint density at radius 3 is 2.62 bits per heavy atom. The molecule has 24 heavy (non-hydrogen) atoms. The molecule has 1 aliphatic rings. The second-order valence-electron chi connectivity index (χ2n) is 6.29. The highest BCUT2D eigenvalue weighted by molar-refractivity contribution is 5.98. The molecule has 0 radical (unpaired) electrons. The molecule has 1 heterocycles. The first-order valence-corrected chi connectivity index (χ1v) is 7.96. The van der Waals surface area contributed by atoms with Crippen molar-refractivity contribution in [2.45, 2.75) is 26.3 Å². The number of rotatable bonds is 4. The van der Waals surface area contributed by atoms with Crippen molar-refractivity contribution in [1.29, 1.82) is 0 Å². The summed E-state index contributed by atoms with van der Waals surface area (Å²) < 4.78 is 0. The molecule has 1 atom stereocenters. The summed E-state index contributed by atoms with van der Waals surface area (Å²) in [5, 5.41) is 11.8. The van der Waals surface area contributed by atoms with Gasteiger partial charge in [-0.3, -0.25) is 9.59 Å². The molecule has 2 N–H and O–H groups in total. The summed E-state index contributed by atoms with van der Waals surface area (Å²) in [4.78, 5) is 38.2. The summed E-state index contributed by atoms with van der Waals surface area (Å²) in [5.74, 6) is -0.423. The third-order valence-electron chi connectivity index (χ3n) is 4.11. The number of carbonyl (C=O) groups excluding carboxylic acids is 2. The van der Waals surface area contributed by atoms with Crippen LogP contribution in [-0.2, 0) is 4.79 Å². The maximum Gasteiger partial charge on any atom is 0.407 e. The predicted molar refractivity (Wildman–Crippen MR) is 90.2 cm³/mol. The lowest BCUT2D eigenvalue weighted by molar-refractivity contribution is -0.121. The SMILES string of the molecule is CC(C)C(=O)N(C)c1cccc(C(=O)N[C@@H]2CCN(C(=O)O)C2)c1. The summed E-state index contributed by atoms with van der Waals surface area (Å²) in [6.07, 6.45) is -0.369. The molecule has 1 fully saturated rings. The quantitative estimate of drug-likeness (QED) is 0.879. The summed E-state index contributed by atoms with van der Waals surface area (Å²) >= 11 is 0. The number of amides is 3. The lowest BCUT2D eigenvalue weighted by Gasteiger charge is -2.20.